The van der Waals surface area contributed by atoms with Gasteiger partial charge in [0, 0.05) is 34.8 Å². The number of amides is 1. The second kappa shape index (κ2) is 13.9. The summed E-state index contributed by atoms with van der Waals surface area (Å²) in [6, 6.07) is 12.1. The zero-order valence-electron chi connectivity index (χ0n) is 24.7. The van der Waals surface area contributed by atoms with Crippen LogP contribution in [0.15, 0.2) is 48.6 Å². The van der Waals surface area contributed by atoms with E-state index >= 15 is 0 Å². The SMILES string of the molecule is CCCc1cc(Cl)ccc1C1COc2ccc3cc2N(C1)C[C@@H]1CCC1C(O)/C=C/CC[C@H](CC(C)C)SNC3=O. The predicted molar refractivity (Wildman–Crippen MR) is 171 cm³/mol. The number of ether oxygens (including phenoxy) is 1. The summed E-state index contributed by atoms with van der Waals surface area (Å²) < 4.78 is 9.61. The van der Waals surface area contributed by atoms with Gasteiger partial charge in [-0.25, -0.2) is 0 Å². The fraction of sp³-hybridized carbons (Fsp3) is 0.559. The quantitative estimate of drug-likeness (QED) is 0.272. The van der Waals surface area contributed by atoms with E-state index in [0.717, 1.165) is 74.5 Å². The van der Waals surface area contributed by atoms with Crippen molar-refractivity contribution in [1.82, 2.24) is 4.72 Å². The molecule has 0 spiro atoms. The van der Waals surface area contributed by atoms with Gasteiger partial charge in [-0.05, 0) is 110 Å². The first-order valence-corrected chi connectivity index (χ1v) is 16.7. The van der Waals surface area contributed by atoms with Crippen LogP contribution in [0.1, 0.15) is 86.7 Å². The lowest BCUT2D eigenvalue weighted by Crippen LogP contribution is -2.44. The number of benzene rings is 2. The van der Waals surface area contributed by atoms with E-state index in [4.69, 9.17) is 16.3 Å². The van der Waals surface area contributed by atoms with Crippen LogP contribution in [0, 0.1) is 17.8 Å². The van der Waals surface area contributed by atoms with E-state index < -0.39 is 6.10 Å². The minimum absolute atomic E-state index is 0.0604. The molecule has 5 atom stereocenters. The van der Waals surface area contributed by atoms with Crippen LogP contribution < -0.4 is 14.4 Å². The Morgan fingerprint density at radius 3 is 2.76 bits per heavy atom. The Morgan fingerprint density at radius 2 is 2.00 bits per heavy atom. The maximum atomic E-state index is 13.4. The zero-order chi connectivity index (χ0) is 28.9. The molecular weight excluding hydrogens is 552 g/mol. The number of fused-ring (bicyclic) bond motifs is 2. The summed E-state index contributed by atoms with van der Waals surface area (Å²) in [5.74, 6) is 2.11. The normalized spacial score (nSPS) is 27.7. The minimum Gasteiger partial charge on any atom is -0.491 e. The molecule has 2 heterocycles. The van der Waals surface area contributed by atoms with E-state index in [9.17, 15) is 9.90 Å². The molecule has 2 N–H and O–H groups in total. The van der Waals surface area contributed by atoms with Crippen LogP contribution in [0.25, 0.3) is 0 Å². The molecule has 3 aliphatic rings. The Bertz CT molecular complexity index is 1230. The highest BCUT2D eigenvalue weighted by Crippen LogP contribution is 2.42. The van der Waals surface area contributed by atoms with Gasteiger partial charge in [0.2, 0.25) is 0 Å². The van der Waals surface area contributed by atoms with Crippen LogP contribution in [0.5, 0.6) is 5.75 Å². The van der Waals surface area contributed by atoms with Gasteiger partial charge in [0.1, 0.15) is 5.75 Å². The molecule has 41 heavy (non-hydrogen) atoms. The van der Waals surface area contributed by atoms with E-state index in [0.29, 0.717) is 29.3 Å². The van der Waals surface area contributed by atoms with Crippen LogP contribution >= 0.6 is 23.5 Å². The number of rotatable bonds is 5. The Labute approximate surface area is 255 Å². The number of carbonyl (C=O) groups excluding carboxylic acids is 1. The molecule has 7 heteroatoms. The number of carbonyl (C=O) groups is 1. The van der Waals surface area contributed by atoms with Crippen molar-refractivity contribution in [2.45, 2.75) is 83.0 Å². The third-order valence-corrected chi connectivity index (χ3v) is 10.2. The molecule has 1 amide bonds. The standard InChI is InChI=1S/C34H45ClN2O3S/c1-4-7-23-17-27(35)12-14-29(23)26-20-37-19-25-10-13-30(25)32(38)9-6-5-8-28(16-22(2)3)41-36-34(39)24-11-15-33(40-21-26)31(37)18-24/h6,9,11-12,14-15,17-18,22,25-26,28,30,32,38H,4-5,7-8,10,13,16,19-21H2,1-3H3,(H,36,39)/b9-6+/t25-,26?,28+,30?,32?/m0/s1. The molecular formula is C34H45ClN2O3S. The van der Waals surface area contributed by atoms with Crippen molar-refractivity contribution in [2.24, 2.45) is 17.8 Å². The monoisotopic (exact) mass is 596 g/mol. The highest BCUT2D eigenvalue weighted by molar-refractivity contribution is 7.98. The van der Waals surface area contributed by atoms with Crippen molar-refractivity contribution < 1.29 is 14.6 Å². The third kappa shape index (κ3) is 7.44. The first kappa shape index (κ1) is 30.3. The average molecular weight is 597 g/mol. The van der Waals surface area contributed by atoms with Crippen LogP contribution in [0.2, 0.25) is 5.02 Å². The van der Waals surface area contributed by atoms with Gasteiger partial charge in [-0.15, -0.1) is 0 Å². The van der Waals surface area contributed by atoms with Gasteiger partial charge < -0.3 is 14.7 Å². The second-order valence-corrected chi connectivity index (χ2v) is 14.0. The summed E-state index contributed by atoms with van der Waals surface area (Å²) in [6.07, 6.45) is 10.8. The summed E-state index contributed by atoms with van der Waals surface area (Å²) in [5.41, 5.74) is 4.19. The van der Waals surface area contributed by atoms with Crippen molar-refractivity contribution in [2.75, 3.05) is 24.6 Å². The number of aliphatic hydroxyl groups excluding tert-OH is 1. The Kier molecular flexibility index (Phi) is 10.3. The number of halogens is 1. The molecule has 1 aliphatic carbocycles. The number of nitrogens with zero attached hydrogens (tertiary/aromatic N) is 1. The highest BCUT2D eigenvalue weighted by Gasteiger charge is 2.38. The largest absolute Gasteiger partial charge is 0.491 e. The number of allylic oxidation sites excluding steroid dienone is 1. The summed E-state index contributed by atoms with van der Waals surface area (Å²) in [4.78, 5) is 15.8. The third-order valence-electron chi connectivity index (χ3n) is 8.92. The number of hydrogen-bond acceptors (Lipinski definition) is 5. The van der Waals surface area contributed by atoms with Crippen LogP contribution in [-0.2, 0) is 6.42 Å². The lowest BCUT2D eigenvalue weighted by atomic mass is 9.70. The Balaban J connectivity index is 1.48. The molecule has 2 aromatic carbocycles. The van der Waals surface area contributed by atoms with E-state index in [-0.39, 0.29) is 17.7 Å². The molecule has 5 nitrogen and oxygen atoms in total. The maximum Gasteiger partial charge on any atom is 0.261 e. The van der Waals surface area contributed by atoms with E-state index in [1.165, 1.54) is 23.1 Å². The molecule has 0 radical (unpaired) electrons. The number of aliphatic hydroxyl groups is 1. The van der Waals surface area contributed by atoms with E-state index in [1.54, 1.807) is 0 Å². The van der Waals surface area contributed by atoms with Gasteiger partial charge in [0.25, 0.3) is 5.91 Å². The van der Waals surface area contributed by atoms with Crippen LogP contribution in [0.3, 0.4) is 0 Å². The van der Waals surface area contributed by atoms with Gasteiger partial charge in [-0.1, -0.05) is 57.0 Å². The van der Waals surface area contributed by atoms with Crippen LogP contribution in [0.4, 0.5) is 5.69 Å². The lowest BCUT2D eigenvalue weighted by Gasteiger charge is -2.42. The predicted octanol–water partition coefficient (Wildman–Crippen LogP) is 7.80. The zero-order valence-corrected chi connectivity index (χ0v) is 26.2. The number of nitrogens with one attached hydrogen (secondary N) is 1. The molecule has 0 saturated heterocycles. The second-order valence-electron chi connectivity index (χ2n) is 12.5. The fourth-order valence-corrected chi connectivity index (χ4v) is 7.94. The van der Waals surface area contributed by atoms with E-state index in [1.807, 2.05) is 30.3 Å². The van der Waals surface area contributed by atoms with Crippen molar-refractivity contribution in [3.8, 4) is 5.75 Å². The molecule has 2 aromatic rings. The number of aryl methyl sites for hydroxylation is 1. The first-order chi connectivity index (χ1) is 19.8. The molecule has 1 saturated carbocycles. The van der Waals surface area contributed by atoms with Gasteiger partial charge in [0.15, 0.2) is 0 Å². The smallest absolute Gasteiger partial charge is 0.261 e. The van der Waals surface area contributed by atoms with Crippen molar-refractivity contribution in [1.29, 1.82) is 0 Å². The summed E-state index contributed by atoms with van der Waals surface area (Å²) in [6.45, 7) is 8.83. The van der Waals surface area contributed by atoms with Crippen molar-refractivity contribution in [3.05, 3.63) is 70.3 Å². The van der Waals surface area contributed by atoms with Gasteiger partial charge in [0.05, 0.1) is 18.4 Å². The first-order valence-electron chi connectivity index (χ1n) is 15.4. The summed E-state index contributed by atoms with van der Waals surface area (Å²) in [5, 5.41) is 12.2. The molecule has 222 valence electrons. The molecule has 1 fully saturated rings. The summed E-state index contributed by atoms with van der Waals surface area (Å²) in [7, 11) is 0. The molecule has 0 aromatic heterocycles. The van der Waals surface area contributed by atoms with Crippen LogP contribution in [-0.4, -0.2) is 42.1 Å². The number of hydrogen-bond donors (Lipinski definition) is 2. The van der Waals surface area contributed by atoms with Gasteiger partial charge in [-0.3, -0.25) is 9.52 Å². The Morgan fingerprint density at radius 1 is 1.15 bits per heavy atom. The van der Waals surface area contributed by atoms with Gasteiger partial charge in [-0.2, -0.15) is 0 Å². The minimum atomic E-state index is -0.421. The average Bonchev–Trinajstić information content (AvgIpc) is 3.10. The van der Waals surface area contributed by atoms with Gasteiger partial charge >= 0.3 is 0 Å². The fourth-order valence-electron chi connectivity index (χ4n) is 6.62. The van der Waals surface area contributed by atoms with Crippen molar-refractivity contribution >= 4 is 35.1 Å². The molecule has 2 aliphatic heterocycles. The van der Waals surface area contributed by atoms with Crippen molar-refractivity contribution in [3.63, 3.8) is 0 Å². The Hall–Kier alpha value is -2.15. The molecule has 5 rings (SSSR count). The topological polar surface area (TPSA) is 61.8 Å². The number of anilines is 1. The maximum absolute atomic E-state index is 13.4. The molecule has 3 unspecified atom stereocenters. The van der Waals surface area contributed by atoms with E-state index in [2.05, 4.69) is 48.6 Å². The summed E-state index contributed by atoms with van der Waals surface area (Å²) >= 11 is 7.94. The highest BCUT2D eigenvalue weighted by atomic mass is 35.5. The molecule has 2 bridgehead atoms. The lowest BCUT2D eigenvalue weighted by molar-refractivity contribution is 0.0461.